The monoisotopic (exact) mass is 446 g/mol. The van der Waals surface area contributed by atoms with E-state index < -0.39 is 0 Å². The van der Waals surface area contributed by atoms with Crippen molar-refractivity contribution in [1.29, 1.82) is 0 Å². The highest BCUT2D eigenvalue weighted by Gasteiger charge is 2.21. The summed E-state index contributed by atoms with van der Waals surface area (Å²) in [5.41, 5.74) is 3.47. The second-order valence-electron chi connectivity index (χ2n) is 8.89. The summed E-state index contributed by atoms with van der Waals surface area (Å²) in [5, 5.41) is 5.21. The van der Waals surface area contributed by atoms with E-state index in [0.29, 0.717) is 6.10 Å². The van der Waals surface area contributed by atoms with Crippen molar-refractivity contribution >= 4 is 11.6 Å². The van der Waals surface area contributed by atoms with Gasteiger partial charge in [0.1, 0.15) is 5.15 Å². The first-order chi connectivity index (χ1) is 15.0. The van der Waals surface area contributed by atoms with Gasteiger partial charge in [-0.3, -0.25) is 14.5 Å². The lowest BCUT2D eigenvalue weighted by molar-refractivity contribution is 0.200. The Morgan fingerprint density at radius 1 is 1.00 bits per heavy atom. The maximum Gasteiger partial charge on any atom is 0.161 e. The Morgan fingerprint density at radius 2 is 1.71 bits per heavy atom. The molecule has 7 heteroatoms. The van der Waals surface area contributed by atoms with Gasteiger partial charge in [0.2, 0.25) is 0 Å². The van der Waals surface area contributed by atoms with Crippen molar-refractivity contribution in [2.75, 3.05) is 33.3 Å². The molecular formula is C24H35ClN4O2. The van der Waals surface area contributed by atoms with E-state index in [1.54, 1.807) is 11.8 Å². The van der Waals surface area contributed by atoms with Crippen molar-refractivity contribution in [3.63, 3.8) is 0 Å². The van der Waals surface area contributed by atoms with E-state index in [2.05, 4.69) is 33.1 Å². The predicted octanol–water partition coefficient (Wildman–Crippen LogP) is 4.42. The molecule has 6 nitrogen and oxygen atoms in total. The maximum absolute atomic E-state index is 6.45. The number of rotatable bonds is 7. The zero-order chi connectivity index (χ0) is 21.8. The molecular weight excluding hydrogens is 412 g/mol. The summed E-state index contributed by atoms with van der Waals surface area (Å²) < 4.78 is 13.6. The van der Waals surface area contributed by atoms with Crippen molar-refractivity contribution < 1.29 is 9.47 Å². The number of benzene rings is 1. The second kappa shape index (κ2) is 10.2. The van der Waals surface area contributed by atoms with E-state index in [1.807, 2.05) is 14.0 Å². The van der Waals surface area contributed by atoms with E-state index in [0.717, 1.165) is 86.4 Å². The molecule has 0 atom stereocenters. The zero-order valence-corrected chi connectivity index (χ0v) is 19.8. The van der Waals surface area contributed by atoms with Crippen molar-refractivity contribution in [2.45, 2.75) is 58.2 Å². The number of hydrogen-bond donors (Lipinski definition) is 0. The predicted molar refractivity (Wildman–Crippen MR) is 124 cm³/mol. The van der Waals surface area contributed by atoms with Crippen LogP contribution in [-0.2, 0) is 20.1 Å². The minimum atomic E-state index is 0.332. The third-order valence-electron chi connectivity index (χ3n) is 6.56. The SMILES string of the molecule is COc1ccc(CN2CCCN(Cc3c(C)nn(C)c3Cl)CC2)cc1OC1CCCC1. The van der Waals surface area contributed by atoms with Crippen molar-refractivity contribution in [2.24, 2.45) is 7.05 Å². The van der Waals surface area contributed by atoms with E-state index in [1.165, 1.54) is 18.4 Å². The van der Waals surface area contributed by atoms with E-state index >= 15 is 0 Å². The smallest absolute Gasteiger partial charge is 0.161 e. The normalized spacial score (nSPS) is 19.0. The van der Waals surface area contributed by atoms with Crippen molar-refractivity contribution in [3.05, 3.63) is 40.2 Å². The first-order valence-electron chi connectivity index (χ1n) is 11.5. The van der Waals surface area contributed by atoms with E-state index in [4.69, 9.17) is 21.1 Å². The molecule has 1 saturated carbocycles. The van der Waals surface area contributed by atoms with Crippen molar-refractivity contribution in [1.82, 2.24) is 19.6 Å². The van der Waals surface area contributed by atoms with E-state index in [-0.39, 0.29) is 0 Å². The fraction of sp³-hybridized carbons (Fsp3) is 0.625. The number of methoxy groups -OCH3 is 1. The molecule has 0 N–H and O–H groups in total. The summed E-state index contributed by atoms with van der Waals surface area (Å²) in [4.78, 5) is 5.04. The average Bonchev–Trinajstić information content (AvgIpc) is 3.27. The molecule has 2 aliphatic rings. The van der Waals surface area contributed by atoms with Crippen LogP contribution in [0.25, 0.3) is 0 Å². The van der Waals surface area contributed by atoms with Gasteiger partial charge in [0.05, 0.1) is 18.9 Å². The molecule has 31 heavy (non-hydrogen) atoms. The number of halogens is 1. The largest absolute Gasteiger partial charge is 0.493 e. The topological polar surface area (TPSA) is 42.8 Å². The lowest BCUT2D eigenvalue weighted by atomic mass is 10.1. The first-order valence-corrected chi connectivity index (χ1v) is 11.9. The lowest BCUT2D eigenvalue weighted by Gasteiger charge is -2.23. The number of hydrogen-bond acceptors (Lipinski definition) is 5. The molecule has 1 aliphatic carbocycles. The molecule has 1 aromatic carbocycles. The van der Waals surface area contributed by atoms with Gasteiger partial charge in [-0.25, -0.2) is 0 Å². The molecule has 1 saturated heterocycles. The van der Waals surface area contributed by atoms with Gasteiger partial charge in [-0.2, -0.15) is 5.10 Å². The molecule has 170 valence electrons. The third-order valence-corrected chi connectivity index (χ3v) is 7.04. The fourth-order valence-corrected chi connectivity index (χ4v) is 5.01. The molecule has 0 spiro atoms. The Hall–Kier alpha value is -1.76. The highest BCUT2D eigenvalue weighted by atomic mass is 35.5. The molecule has 0 radical (unpaired) electrons. The van der Waals surface area contributed by atoms with Gasteiger partial charge in [0.15, 0.2) is 11.5 Å². The molecule has 2 fully saturated rings. The number of ether oxygens (including phenoxy) is 2. The lowest BCUT2D eigenvalue weighted by Crippen LogP contribution is -2.30. The molecule has 4 rings (SSSR count). The number of nitrogens with zero attached hydrogens (tertiary/aromatic N) is 4. The van der Waals surface area contributed by atoms with Gasteiger partial charge < -0.3 is 9.47 Å². The number of aryl methyl sites for hydroxylation is 2. The van der Waals surface area contributed by atoms with Gasteiger partial charge >= 0.3 is 0 Å². The molecule has 0 amide bonds. The highest BCUT2D eigenvalue weighted by molar-refractivity contribution is 6.30. The van der Waals surface area contributed by atoms with Gasteiger partial charge in [-0.1, -0.05) is 17.7 Å². The van der Waals surface area contributed by atoms with Gasteiger partial charge in [0, 0.05) is 38.8 Å². The molecule has 1 aliphatic heterocycles. The summed E-state index contributed by atoms with van der Waals surface area (Å²) in [7, 11) is 3.62. The van der Waals surface area contributed by atoms with Crippen LogP contribution < -0.4 is 9.47 Å². The van der Waals surface area contributed by atoms with Gasteiger partial charge in [-0.15, -0.1) is 0 Å². The maximum atomic E-state index is 6.45. The zero-order valence-electron chi connectivity index (χ0n) is 19.1. The van der Waals surface area contributed by atoms with Crippen LogP contribution in [0.15, 0.2) is 18.2 Å². The quantitative estimate of drug-likeness (QED) is 0.629. The summed E-state index contributed by atoms with van der Waals surface area (Å²) in [6.07, 6.45) is 6.31. The minimum absolute atomic E-state index is 0.332. The Balaban J connectivity index is 1.36. The summed E-state index contributed by atoms with van der Waals surface area (Å²) in [5.74, 6) is 1.73. The standard InChI is InChI=1S/C24H35ClN4O2/c1-18-21(24(25)27(2)26-18)17-29-12-6-11-28(13-14-29)16-19-9-10-22(30-3)23(15-19)31-20-7-4-5-8-20/h9-10,15,20H,4-8,11-14,16-17H2,1-3H3. The molecule has 2 heterocycles. The minimum Gasteiger partial charge on any atom is -0.493 e. The van der Waals surface area contributed by atoms with Crippen LogP contribution in [0.4, 0.5) is 0 Å². The second-order valence-corrected chi connectivity index (χ2v) is 9.25. The van der Waals surface area contributed by atoms with Gasteiger partial charge in [0.25, 0.3) is 0 Å². The van der Waals surface area contributed by atoms with Gasteiger partial charge in [-0.05, 0) is 69.8 Å². The number of aromatic nitrogens is 2. The Kier molecular flexibility index (Phi) is 7.41. The average molecular weight is 447 g/mol. The van der Waals surface area contributed by atoms with Crippen LogP contribution in [0.5, 0.6) is 11.5 Å². The van der Waals surface area contributed by atoms with Crippen LogP contribution in [0.1, 0.15) is 48.9 Å². The first kappa shape index (κ1) is 22.4. The molecule has 2 aromatic rings. The Labute approximate surface area is 191 Å². The summed E-state index contributed by atoms with van der Waals surface area (Å²) in [6.45, 7) is 8.11. The van der Waals surface area contributed by atoms with Crippen LogP contribution in [0, 0.1) is 6.92 Å². The summed E-state index contributed by atoms with van der Waals surface area (Å²) >= 11 is 6.45. The fourth-order valence-electron chi connectivity index (χ4n) is 4.77. The Morgan fingerprint density at radius 3 is 2.35 bits per heavy atom. The van der Waals surface area contributed by atoms with Crippen LogP contribution in [0.2, 0.25) is 5.15 Å². The highest BCUT2D eigenvalue weighted by Crippen LogP contribution is 2.33. The van der Waals surface area contributed by atoms with Crippen LogP contribution in [-0.4, -0.2) is 59.0 Å². The molecule has 1 aromatic heterocycles. The molecule has 0 unspecified atom stereocenters. The van der Waals surface area contributed by atoms with Crippen molar-refractivity contribution in [3.8, 4) is 11.5 Å². The summed E-state index contributed by atoms with van der Waals surface area (Å²) in [6, 6.07) is 6.40. The third kappa shape index (κ3) is 5.54. The molecule has 0 bridgehead atoms. The van der Waals surface area contributed by atoms with Crippen LogP contribution >= 0.6 is 11.6 Å². The van der Waals surface area contributed by atoms with E-state index in [9.17, 15) is 0 Å². The van der Waals surface area contributed by atoms with Crippen LogP contribution in [0.3, 0.4) is 0 Å². The Bertz CT molecular complexity index is 879.